The highest BCUT2D eigenvalue weighted by Gasteiger charge is 2.50. The lowest BCUT2D eigenvalue weighted by molar-refractivity contribution is -0.205. The first-order valence-corrected chi connectivity index (χ1v) is 5.66. The van der Waals surface area contributed by atoms with E-state index >= 15 is 0 Å². The number of methoxy groups -OCH3 is 1. The molecule has 0 amide bonds. The molecule has 1 spiro atoms. The molecule has 0 radical (unpaired) electrons. The molecule has 1 N–H and O–H groups in total. The van der Waals surface area contributed by atoms with Crippen LogP contribution in [0.5, 0.6) is 0 Å². The second kappa shape index (κ2) is 4.62. The van der Waals surface area contributed by atoms with Gasteiger partial charge < -0.3 is 19.3 Å². The molecule has 0 aromatic heterocycles. The molecule has 6 nitrogen and oxygen atoms in total. The second-order valence-electron chi connectivity index (χ2n) is 4.42. The molecule has 2 aliphatic rings. The van der Waals surface area contributed by atoms with Crippen LogP contribution in [0.2, 0.25) is 0 Å². The van der Waals surface area contributed by atoms with Crippen LogP contribution in [0.25, 0.3) is 0 Å². The fraction of sp³-hybridized carbons (Fsp3) is 0.818. The number of carbonyl (C=O) groups excluding carboxylic acids is 1. The molecule has 0 unspecified atom stereocenters. The zero-order valence-corrected chi connectivity index (χ0v) is 9.68. The second-order valence-corrected chi connectivity index (χ2v) is 4.42. The van der Waals surface area contributed by atoms with E-state index in [1.165, 1.54) is 7.11 Å². The average molecular weight is 244 g/mol. The van der Waals surface area contributed by atoms with Gasteiger partial charge in [0.15, 0.2) is 5.79 Å². The Kier molecular flexibility index (Phi) is 3.35. The van der Waals surface area contributed by atoms with E-state index in [1.807, 2.05) is 0 Å². The molecule has 2 rings (SSSR count). The first kappa shape index (κ1) is 12.3. The maximum atomic E-state index is 11.6. The van der Waals surface area contributed by atoms with Crippen molar-refractivity contribution in [3.8, 4) is 0 Å². The van der Waals surface area contributed by atoms with Crippen LogP contribution in [0, 0.1) is 11.8 Å². The van der Waals surface area contributed by atoms with Gasteiger partial charge in [0.25, 0.3) is 0 Å². The van der Waals surface area contributed by atoms with E-state index in [9.17, 15) is 9.59 Å². The van der Waals surface area contributed by atoms with Gasteiger partial charge in [-0.3, -0.25) is 9.59 Å². The third-order valence-corrected chi connectivity index (χ3v) is 3.49. The van der Waals surface area contributed by atoms with Gasteiger partial charge >= 0.3 is 11.9 Å². The van der Waals surface area contributed by atoms with Crippen LogP contribution < -0.4 is 0 Å². The summed E-state index contributed by atoms with van der Waals surface area (Å²) in [6.07, 6.45) is 1.14. The standard InChI is InChI=1S/C11H16O6/c1-15-10(14)8-6-11(16-4-5-17-11)3-2-7(8)9(12)13/h7-8H,2-6H2,1H3,(H,12,13)/t7-,8-/m1/s1. The van der Waals surface area contributed by atoms with E-state index in [2.05, 4.69) is 4.74 Å². The van der Waals surface area contributed by atoms with Gasteiger partial charge in [0, 0.05) is 12.8 Å². The van der Waals surface area contributed by atoms with E-state index < -0.39 is 29.6 Å². The molecule has 2 fully saturated rings. The van der Waals surface area contributed by atoms with Gasteiger partial charge in [-0.05, 0) is 6.42 Å². The molecule has 1 saturated heterocycles. The Hall–Kier alpha value is -1.14. The number of ether oxygens (including phenoxy) is 3. The summed E-state index contributed by atoms with van der Waals surface area (Å²) in [6, 6.07) is 0. The molecule has 17 heavy (non-hydrogen) atoms. The predicted octanol–water partition coefficient (Wildman–Crippen LogP) is 0.403. The normalized spacial score (nSPS) is 31.4. The van der Waals surface area contributed by atoms with Crippen molar-refractivity contribution in [1.29, 1.82) is 0 Å². The topological polar surface area (TPSA) is 82.1 Å². The third-order valence-electron chi connectivity index (χ3n) is 3.49. The van der Waals surface area contributed by atoms with Crippen LogP contribution in [-0.2, 0) is 23.8 Å². The van der Waals surface area contributed by atoms with Crippen LogP contribution >= 0.6 is 0 Å². The van der Waals surface area contributed by atoms with Gasteiger partial charge in [-0.1, -0.05) is 0 Å². The number of carbonyl (C=O) groups is 2. The first-order valence-electron chi connectivity index (χ1n) is 5.66. The van der Waals surface area contributed by atoms with Crippen molar-refractivity contribution in [3.05, 3.63) is 0 Å². The molecule has 0 aromatic rings. The van der Waals surface area contributed by atoms with Crippen molar-refractivity contribution in [2.45, 2.75) is 25.0 Å². The Morgan fingerprint density at radius 3 is 2.47 bits per heavy atom. The lowest BCUT2D eigenvalue weighted by Gasteiger charge is -2.38. The Balaban J connectivity index is 2.15. The molecule has 1 aliphatic carbocycles. The zero-order valence-electron chi connectivity index (χ0n) is 9.68. The van der Waals surface area contributed by atoms with Crippen molar-refractivity contribution in [2.75, 3.05) is 20.3 Å². The highest BCUT2D eigenvalue weighted by Crippen LogP contribution is 2.42. The lowest BCUT2D eigenvalue weighted by atomic mass is 9.76. The molecule has 1 heterocycles. The number of carboxylic acid groups (broad SMARTS) is 1. The number of aliphatic carboxylic acids is 1. The fourth-order valence-electron chi connectivity index (χ4n) is 2.61. The quantitative estimate of drug-likeness (QED) is 0.708. The van der Waals surface area contributed by atoms with Gasteiger partial charge in [-0.15, -0.1) is 0 Å². The number of hydrogen-bond donors (Lipinski definition) is 1. The largest absolute Gasteiger partial charge is 0.481 e. The maximum absolute atomic E-state index is 11.6. The van der Waals surface area contributed by atoms with E-state index in [0.29, 0.717) is 26.1 Å². The lowest BCUT2D eigenvalue weighted by Crippen LogP contribution is -2.45. The van der Waals surface area contributed by atoms with Gasteiger partial charge in [0.05, 0.1) is 32.2 Å². The van der Waals surface area contributed by atoms with Gasteiger partial charge in [-0.2, -0.15) is 0 Å². The van der Waals surface area contributed by atoms with Crippen LogP contribution in [0.4, 0.5) is 0 Å². The molecule has 6 heteroatoms. The minimum atomic E-state index is -0.965. The summed E-state index contributed by atoms with van der Waals surface area (Å²) in [7, 11) is 1.26. The predicted molar refractivity (Wildman–Crippen MR) is 55.1 cm³/mol. The fourth-order valence-corrected chi connectivity index (χ4v) is 2.61. The number of hydrogen-bond acceptors (Lipinski definition) is 5. The molecule has 96 valence electrons. The van der Waals surface area contributed by atoms with Crippen molar-refractivity contribution >= 4 is 11.9 Å². The summed E-state index contributed by atoms with van der Waals surface area (Å²) < 4.78 is 15.7. The third kappa shape index (κ3) is 2.28. The summed E-state index contributed by atoms with van der Waals surface area (Å²) in [5.74, 6) is -3.64. The highest BCUT2D eigenvalue weighted by atomic mass is 16.7. The monoisotopic (exact) mass is 244 g/mol. The summed E-state index contributed by atoms with van der Waals surface area (Å²) in [5.41, 5.74) is 0. The summed E-state index contributed by atoms with van der Waals surface area (Å²) >= 11 is 0. The van der Waals surface area contributed by atoms with E-state index in [4.69, 9.17) is 14.6 Å². The minimum Gasteiger partial charge on any atom is -0.481 e. The summed E-state index contributed by atoms with van der Waals surface area (Å²) in [5, 5.41) is 9.09. The van der Waals surface area contributed by atoms with E-state index in [-0.39, 0.29) is 6.42 Å². The molecule has 1 aliphatic heterocycles. The van der Waals surface area contributed by atoms with Crippen LogP contribution in [-0.4, -0.2) is 43.2 Å². The smallest absolute Gasteiger partial charge is 0.309 e. The van der Waals surface area contributed by atoms with Gasteiger partial charge in [-0.25, -0.2) is 0 Å². The first-order chi connectivity index (χ1) is 8.08. The van der Waals surface area contributed by atoms with Crippen molar-refractivity contribution < 1.29 is 28.9 Å². The summed E-state index contributed by atoms with van der Waals surface area (Å²) in [4.78, 5) is 22.7. The number of carboxylic acids is 1. The molecular weight excluding hydrogens is 228 g/mol. The van der Waals surface area contributed by atoms with E-state index in [1.54, 1.807) is 0 Å². The SMILES string of the molecule is COC(=O)[C@@H]1CC2(CC[C@H]1C(=O)O)OCCO2. The molecule has 2 atom stereocenters. The summed E-state index contributed by atoms with van der Waals surface area (Å²) in [6.45, 7) is 0.983. The molecule has 0 aromatic carbocycles. The van der Waals surface area contributed by atoms with Crippen LogP contribution in [0.3, 0.4) is 0 Å². The van der Waals surface area contributed by atoms with Crippen molar-refractivity contribution in [1.82, 2.24) is 0 Å². The molecule has 0 bridgehead atoms. The molecule has 1 saturated carbocycles. The Labute approximate surface area is 98.8 Å². The van der Waals surface area contributed by atoms with Crippen LogP contribution in [0.1, 0.15) is 19.3 Å². The van der Waals surface area contributed by atoms with Crippen molar-refractivity contribution in [3.63, 3.8) is 0 Å². The highest BCUT2D eigenvalue weighted by molar-refractivity contribution is 5.81. The Bertz CT molecular complexity index is 320. The maximum Gasteiger partial charge on any atom is 0.309 e. The van der Waals surface area contributed by atoms with Gasteiger partial charge in [0.2, 0.25) is 0 Å². The number of rotatable bonds is 2. The average Bonchev–Trinajstić information content (AvgIpc) is 2.76. The van der Waals surface area contributed by atoms with Crippen molar-refractivity contribution in [2.24, 2.45) is 11.8 Å². The zero-order chi connectivity index (χ0) is 12.5. The minimum absolute atomic E-state index is 0.261. The Morgan fingerprint density at radius 1 is 1.29 bits per heavy atom. The number of esters is 1. The molecular formula is C11H16O6. The van der Waals surface area contributed by atoms with Gasteiger partial charge in [0.1, 0.15) is 0 Å². The van der Waals surface area contributed by atoms with Crippen LogP contribution in [0.15, 0.2) is 0 Å². The van der Waals surface area contributed by atoms with E-state index in [0.717, 1.165) is 0 Å². The Morgan fingerprint density at radius 2 is 1.94 bits per heavy atom.